The molecule has 0 spiro atoms. The number of aliphatic carboxylic acids is 1. The van der Waals surface area contributed by atoms with E-state index in [0.29, 0.717) is 31.7 Å². The van der Waals surface area contributed by atoms with Gasteiger partial charge in [0.2, 0.25) is 10.0 Å². The third-order valence-electron chi connectivity index (χ3n) is 3.85. The number of carbonyl (C=O) groups is 1. The first kappa shape index (κ1) is 12.8. The molecule has 17 heavy (non-hydrogen) atoms. The van der Waals surface area contributed by atoms with E-state index in [9.17, 15) is 13.2 Å². The number of hydrogen-bond acceptors (Lipinski definition) is 3. The van der Waals surface area contributed by atoms with Gasteiger partial charge >= 0.3 is 5.97 Å². The molecule has 1 heterocycles. The Hall–Kier alpha value is -0.620. The van der Waals surface area contributed by atoms with Gasteiger partial charge in [-0.05, 0) is 25.2 Å². The predicted octanol–water partition coefficient (Wildman–Crippen LogP) is 1.06. The summed E-state index contributed by atoms with van der Waals surface area (Å²) in [4.78, 5) is 11.0. The third kappa shape index (κ3) is 2.80. The number of carboxylic acid groups (broad SMARTS) is 1. The lowest BCUT2D eigenvalue weighted by Crippen LogP contribution is -2.41. The molecule has 0 radical (unpaired) electrons. The SMILES string of the molecule is O=C(O)C1CCCN1S(=O)(=O)CCC1CCC1. The minimum Gasteiger partial charge on any atom is -0.480 e. The minimum absolute atomic E-state index is 0.113. The molecule has 1 unspecified atom stereocenters. The van der Waals surface area contributed by atoms with Crippen molar-refractivity contribution in [3.8, 4) is 0 Å². The van der Waals surface area contributed by atoms with Crippen LogP contribution in [0, 0.1) is 5.92 Å². The van der Waals surface area contributed by atoms with Crippen molar-refractivity contribution in [3.05, 3.63) is 0 Å². The highest BCUT2D eigenvalue weighted by atomic mass is 32.2. The van der Waals surface area contributed by atoms with E-state index in [1.165, 1.54) is 10.7 Å². The number of nitrogens with zero attached hydrogens (tertiary/aromatic N) is 1. The molecule has 0 bridgehead atoms. The zero-order valence-electron chi connectivity index (χ0n) is 9.84. The normalized spacial score (nSPS) is 26.9. The quantitative estimate of drug-likeness (QED) is 0.803. The van der Waals surface area contributed by atoms with Crippen LogP contribution in [-0.2, 0) is 14.8 Å². The molecule has 1 aliphatic carbocycles. The fourth-order valence-corrected chi connectivity index (χ4v) is 4.39. The Morgan fingerprint density at radius 3 is 2.47 bits per heavy atom. The van der Waals surface area contributed by atoms with Crippen molar-refractivity contribution in [3.63, 3.8) is 0 Å². The molecular weight excluding hydrogens is 242 g/mol. The van der Waals surface area contributed by atoms with Crippen LogP contribution in [0.25, 0.3) is 0 Å². The summed E-state index contributed by atoms with van der Waals surface area (Å²) in [7, 11) is -3.37. The maximum atomic E-state index is 12.1. The second kappa shape index (κ2) is 4.94. The van der Waals surface area contributed by atoms with Gasteiger partial charge in [0.15, 0.2) is 0 Å². The molecule has 2 aliphatic rings. The lowest BCUT2D eigenvalue weighted by molar-refractivity contribution is -0.140. The van der Waals surface area contributed by atoms with Gasteiger partial charge in [0.25, 0.3) is 0 Å². The molecule has 98 valence electrons. The molecule has 1 N–H and O–H groups in total. The summed E-state index contributed by atoms with van der Waals surface area (Å²) in [5.74, 6) is -0.369. The average molecular weight is 261 g/mol. The van der Waals surface area contributed by atoms with Gasteiger partial charge in [0, 0.05) is 6.54 Å². The lowest BCUT2D eigenvalue weighted by atomic mass is 9.84. The van der Waals surface area contributed by atoms with E-state index in [0.717, 1.165) is 12.8 Å². The van der Waals surface area contributed by atoms with Crippen LogP contribution in [0.5, 0.6) is 0 Å². The Bertz CT molecular complexity index is 388. The molecule has 2 rings (SSSR count). The third-order valence-corrected chi connectivity index (χ3v) is 5.76. The van der Waals surface area contributed by atoms with Gasteiger partial charge in [-0.2, -0.15) is 4.31 Å². The Morgan fingerprint density at radius 2 is 1.94 bits per heavy atom. The summed E-state index contributed by atoms with van der Waals surface area (Å²) in [6.45, 7) is 0.365. The van der Waals surface area contributed by atoms with Crippen molar-refractivity contribution in [1.29, 1.82) is 0 Å². The lowest BCUT2D eigenvalue weighted by Gasteiger charge is -2.27. The highest BCUT2D eigenvalue weighted by molar-refractivity contribution is 7.89. The van der Waals surface area contributed by atoms with Crippen molar-refractivity contribution >= 4 is 16.0 Å². The molecule has 0 aromatic carbocycles. The summed E-state index contributed by atoms with van der Waals surface area (Å²) < 4.78 is 25.3. The molecule has 0 aromatic heterocycles. The highest BCUT2D eigenvalue weighted by Gasteiger charge is 2.38. The predicted molar refractivity (Wildman–Crippen MR) is 63.1 cm³/mol. The Balaban J connectivity index is 1.95. The number of hydrogen-bond donors (Lipinski definition) is 1. The van der Waals surface area contributed by atoms with Crippen molar-refractivity contribution in [1.82, 2.24) is 4.31 Å². The van der Waals surface area contributed by atoms with Gasteiger partial charge in [0.1, 0.15) is 6.04 Å². The van der Waals surface area contributed by atoms with E-state index in [1.807, 2.05) is 0 Å². The van der Waals surface area contributed by atoms with Crippen LogP contribution in [0.3, 0.4) is 0 Å². The molecular formula is C11H19NO4S. The van der Waals surface area contributed by atoms with Crippen LogP contribution < -0.4 is 0 Å². The van der Waals surface area contributed by atoms with Crippen molar-refractivity contribution in [2.75, 3.05) is 12.3 Å². The van der Waals surface area contributed by atoms with Crippen molar-refractivity contribution < 1.29 is 18.3 Å². The Labute approximate surface area is 102 Å². The number of sulfonamides is 1. The van der Waals surface area contributed by atoms with Crippen LogP contribution in [0.2, 0.25) is 0 Å². The highest BCUT2D eigenvalue weighted by Crippen LogP contribution is 2.31. The van der Waals surface area contributed by atoms with E-state index in [2.05, 4.69) is 0 Å². The van der Waals surface area contributed by atoms with Crippen LogP contribution in [0.4, 0.5) is 0 Å². The van der Waals surface area contributed by atoms with Crippen molar-refractivity contribution in [2.24, 2.45) is 5.92 Å². The summed E-state index contributed by atoms with van der Waals surface area (Å²) >= 11 is 0. The molecule has 5 nitrogen and oxygen atoms in total. The molecule has 0 amide bonds. The maximum absolute atomic E-state index is 12.1. The standard InChI is InChI=1S/C11H19NO4S/c13-11(14)10-5-2-7-12(10)17(15,16)8-6-9-3-1-4-9/h9-10H,1-8H2,(H,13,14). The van der Waals surface area contributed by atoms with Gasteiger partial charge in [-0.1, -0.05) is 19.3 Å². The van der Waals surface area contributed by atoms with Crippen LogP contribution in [-0.4, -0.2) is 42.1 Å². The maximum Gasteiger partial charge on any atom is 0.322 e. The van der Waals surface area contributed by atoms with Gasteiger partial charge in [0.05, 0.1) is 5.75 Å². The number of carboxylic acids is 1. The van der Waals surface area contributed by atoms with E-state index in [-0.39, 0.29) is 5.75 Å². The van der Waals surface area contributed by atoms with E-state index in [1.54, 1.807) is 0 Å². The summed E-state index contributed by atoms with van der Waals surface area (Å²) in [5, 5.41) is 8.98. The first-order valence-corrected chi connectivity index (χ1v) is 7.84. The van der Waals surface area contributed by atoms with E-state index < -0.39 is 22.0 Å². The average Bonchev–Trinajstić information content (AvgIpc) is 2.63. The molecule has 1 aliphatic heterocycles. The summed E-state index contributed by atoms with van der Waals surface area (Å²) in [5.41, 5.74) is 0. The van der Waals surface area contributed by atoms with Gasteiger partial charge in [-0.25, -0.2) is 8.42 Å². The zero-order valence-corrected chi connectivity index (χ0v) is 10.7. The topological polar surface area (TPSA) is 74.7 Å². The smallest absolute Gasteiger partial charge is 0.322 e. The van der Waals surface area contributed by atoms with E-state index in [4.69, 9.17) is 5.11 Å². The zero-order chi connectivity index (χ0) is 12.5. The van der Waals surface area contributed by atoms with Crippen LogP contribution in [0.15, 0.2) is 0 Å². The second-order valence-electron chi connectivity index (χ2n) is 5.01. The Kier molecular flexibility index (Phi) is 3.73. The fourth-order valence-electron chi connectivity index (χ4n) is 2.53. The minimum atomic E-state index is -3.37. The van der Waals surface area contributed by atoms with E-state index >= 15 is 0 Å². The summed E-state index contributed by atoms with van der Waals surface area (Å²) in [6, 6.07) is -0.832. The molecule has 1 saturated heterocycles. The molecule has 6 heteroatoms. The monoisotopic (exact) mass is 261 g/mol. The van der Waals surface area contributed by atoms with Crippen LogP contribution in [0.1, 0.15) is 38.5 Å². The summed E-state index contributed by atoms with van der Waals surface area (Å²) in [6.07, 6.45) is 5.23. The molecule has 1 saturated carbocycles. The fraction of sp³-hybridized carbons (Fsp3) is 0.909. The van der Waals surface area contributed by atoms with Gasteiger partial charge in [-0.3, -0.25) is 4.79 Å². The first-order valence-electron chi connectivity index (χ1n) is 6.23. The van der Waals surface area contributed by atoms with Gasteiger partial charge in [-0.15, -0.1) is 0 Å². The molecule has 1 atom stereocenters. The van der Waals surface area contributed by atoms with Crippen molar-refractivity contribution in [2.45, 2.75) is 44.6 Å². The second-order valence-corrected chi connectivity index (χ2v) is 7.05. The van der Waals surface area contributed by atoms with Gasteiger partial charge < -0.3 is 5.11 Å². The Morgan fingerprint density at radius 1 is 1.24 bits per heavy atom. The number of rotatable bonds is 5. The molecule has 0 aromatic rings. The van der Waals surface area contributed by atoms with Crippen LogP contribution >= 0.6 is 0 Å². The largest absolute Gasteiger partial charge is 0.480 e. The first-order chi connectivity index (χ1) is 8.00. The molecule has 2 fully saturated rings.